The molecule has 0 aliphatic carbocycles. The second-order valence-corrected chi connectivity index (χ2v) is 6.69. The van der Waals surface area contributed by atoms with Gasteiger partial charge in [-0.05, 0) is 42.7 Å². The number of fused-ring (bicyclic) bond motifs is 1. The Morgan fingerprint density at radius 1 is 1.12 bits per heavy atom. The molecule has 4 rings (SSSR count). The van der Waals surface area contributed by atoms with Crippen LogP contribution in [0.25, 0.3) is 0 Å². The predicted octanol–water partition coefficient (Wildman–Crippen LogP) is 2.33. The van der Waals surface area contributed by atoms with Crippen molar-refractivity contribution < 1.29 is 14.4 Å². The minimum atomic E-state index is -0.377. The molecule has 6 nitrogen and oxygen atoms in total. The molecule has 6 heteroatoms. The van der Waals surface area contributed by atoms with Crippen molar-refractivity contribution >= 4 is 23.5 Å². The monoisotopic (exact) mass is 349 g/mol. The summed E-state index contributed by atoms with van der Waals surface area (Å²) in [6, 6.07) is 14.8. The van der Waals surface area contributed by atoms with Crippen LogP contribution in [0.15, 0.2) is 48.5 Å². The highest BCUT2D eigenvalue weighted by atomic mass is 16.2. The van der Waals surface area contributed by atoms with Crippen molar-refractivity contribution in [2.75, 3.05) is 11.4 Å². The number of urea groups is 1. The van der Waals surface area contributed by atoms with Gasteiger partial charge < -0.3 is 10.2 Å². The van der Waals surface area contributed by atoms with E-state index in [9.17, 15) is 14.4 Å². The molecule has 0 aromatic heterocycles. The summed E-state index contributed by atoms with van der Waals surface area (Å²) in [6.07, 6.45) is 0.853. The van der Waals surface area contributed by atoms with Gasteiger partial charge in [0.1, 0.15) is 0 Å². The Morgan fingerprint density at radius 2 is 1.85 bits per heavy atom. The molecular formula is C20H19N3O3. The maximum Gasteiger partial charge on any atom is 0.324 e. The summed E-state index contributed by atoms with van der Waals surface area (Å²) in [6.45, 7) is 2.30. The quantitative estimate of drug-likeness (QED) is 0.865. The molecule has 2 aliphatic rings. The minimum Gasteiger partial charge on any atom is -0.329 e. The smallest absolute Gasteiger partial charge is 0.324 e. The number of nitrogens with zero attached hydrogens (tertiary/aromatic N) is 2. The first-order valence-electron chi connectivity index (χ1n) is 8.63. The number of anilines is 1. The van der Waals surface area contributed by atoms with Crippen LogP contribution in [0.4, 0.5) is 10.5 Å². The van der Waals surface area contributed by atoms with Crippen LogP contribution in [0.2, 0.25) is 0 Å². The zero-order valence-corrected chi connectivity index (χ0v) is 14.4. The highest BCUT2D eigenvalue weighted by Gasteiger charge is 2.31. The molecular weight excluding hydrogens is 330 g/mol. The Morgan fingerprint density at radius 3 is 2.54 bits per heavy atom. The summed E-state index contributed by atoms with van der Waals surface area (Å²) < 4.78 is 0. The molecule has 2 aliphatic heterocycles. The number of para-hydroxylation sites is 1. The van der Waals surface area contributed by atoms with Crippen LogP contribution in [0.5, 0.6) is 0 Å². The van der Waals surface area contributed by atoms with Crippen molar-refractivity contribution in [3.63, 3.8) is 0 Å². The largest absolute Gasteiger partial charge is 0.329 e. The van der Waals surface area contributed by atoms with Crippen molar-refractivity contribution in [2.45, 2.75) is 25.9 Å². The number of carbonyl (C=O) groups excluding carboxylic acids is 3. The van der Waals surface area contributed by atoms with E-state index in [0.29, 0.717) is 5.56 Å². The minimum absolute atomic E-state index is 0.0380. The Bertz CT molecular complexity index is 875. The van der Waals surface area contributed by atoms with Gasteiger partial charge in [0, 0.05) is 17.3 Å². The van der Waals surface area contributed by atoms with Crippen LogP contribution in [0.1, 0.15) is 28.4 Å². The van der Waals surface area contributed by atoms with Gasteiger partial charge in [0.05, 0.1) is 13.1 Å². The lowest BCUT2D eigenvalue weighted by molar-refractivity contribution is -0.125. The first-order valence-corrected chi connectivity index (χ1v) is 8.63. The average molecular weight is 349 g/mol. The van der Waals surface area contributed by atoms with Gasteiger partial charge in [-0.1, -0.05) is 30.3 Å². The van der Waals surface area contributed by atoms with Crippen LogP contribution >= 0.6 is 0 Å². The second-order valence-electron chi connectivity index (χ2n) is 6.69. The van der Waals surface area contributed by atoms with E-state index in [4.69, 9.17) is 0 Å². The highest BCUT2D eigenvalue weighted by molar-refractivity contribution is 6.07. The van der Waals surface area contributed by atoms with E-state index in [2.05, 4.69) is 11.4 Å². The molecule has 2 heterocycles. The topological polar surface area (TPSA) is 69.7 Å². The molecule has 4 amide bonds. The van der Waals surface area contributed by atoms with Crippen LogP contribution in [0.3, 0.4) is 0 Å². The van der Waals surface area contributed by atoms with Crippen molar-refractivity contribution in [3.05, 3.63) is 65.2 Å². The third-order valence-corrected chi connectivity index (χ3v) is 4.90. The molecule has 0 radical (unpaired) electrons. The highest BCUT2D eigenvalue weighted by Crippen LogP contribution is 2.33. The van der Waals surface area contributed by atoms with Crippen molar-refractivity contribution in [1.82, 2.24) is 10.2 Å². The summed E-state index contributed by atoms with van der Waals surface area (Å²) in [4.78, 5) is 39.3. The average Bonchev–Trinajstić information content (AvgIpc) is 3.14. The normalized spacial score (nSPS) is 18.9. The fraction of sp³-hybridized carbons (Fsp3) is 0.250. The van der Waals surface area contributed by atoms with Gasteiger partial charge in [0.25, 0.3) is 5.91 Å². The van der Waals surface area contributed by atoms with Gasteiger partial charge in [-0.3, -0.25) is 14.5 Å². The lowest BCUT2D eigenvalue weighted by Gasteiger charge is -2.23. The lowest BCUT2D eigenvalue weighted by Crippen LogP contribution is -2.35. The Hall–Kier alpha value is -3.15. The van der Waals surface area contributed by atoms with Gasteiger partial charge in [0.15, 0.2) is 0 Å². The summed E-state index contributed by atoms with van der Waals surface area (Å²) in [7, 11) is 0. The molecule has 26 heavy (non-hydrogen) atoms. The number of carbonyl (C=O) groups is 3. The number of hydrogen-bond acceptors (Lipinski definition) is 3. The van der Waals surface area contributed by atoms with Crippen LogP contribution in [0, 0.1) is 0 Å². The van der Waals surface area contributed by atoms with E-state index in [1.165, 1.54) is 10.5 Å². The molecule has 0 bridgehead atoms. The van der Waals surface area contributed by atoms with Gasteiger partial charge >= 0.3 is 6.03 Å². The number of amides is 4. The fourth-order valence-corrected chi connectivity index (χ4v) is 3.56. The van der Waals surface area contributed by atoms with Gasteiger partial charge in [-0.25, -0.2) is 4.79 Å². The molecule has 1 fully saturated rings. The molecule has 2 aromatic rings. The molecule has 1 atom stereocenters. The first-order chi connectivity index (χ1) is 12.5. The number of imide groups is 1. The second kappa shape index (κ2) is 6.29. The zero-order chi connectivity index (χ0) is 18.3. The van der Waals surface area contributed by atoms with Crippen molar-refractivity contribution in [3.8, 4) is 0 Å². The fourth-order valence-electron chi connectivity index (χ4n) is 3.56. The van der Waals surface area contributed by atoms with Crippen LogP contribution in [-0.4, -0.2) is 35.3 Å². The van der Waals surface area contributed by atoms with Gasteiger partial charge in [-0.15, -0.1) is 0 Å². The van der Waals surface area contributed by atoms with E-state index < -0.39 is 0 Å². The maximum atomic E-state index is 13.0. The van der Waals surface area contributed by atoms with Crippen LogP contribution in [-0.2, 0) is 17.8 Å². The number of benzene rings is 2. The molecule has 1 saturated heterocycles. The molecule has 132 valence electrons. The Labute approximate surface area is 151 Å². The first kappa shape index (κ1) is 16.3. The molecule has 1 N–H and O–H groups in total. The lowest BCUT2D eigenvalue weighted by atomic mass is 10.1. The Kier molecular flexibility index (Phi) is 3.95. The van der Waals surface area contributed by atoms with Gasteiger partial charge in [-0.2, -0.15) is 0 Å². The van der Waals surface area contributed by atoms with Crippen molar-refractivity contribution in [2.24, 2.45) is 0 Å². The standard InChI is InChI=1S/C20H19N3O3/c1-13-10-16-4-2-3-5-17(16)23(13)19(25)15-8-6-14(7-9-15)12-22-18(24)11-21-20(22)26/h2-9,13H,10-12H2,1H3,(H,21,26)/t13-/m0/s1. The third kappa shape index (κ3) is 2.73. The Balaban J connectivity index is 1.53. The van der Waals surface area contributed by atoms with E-state index in [-0.39, 0.29) is 37.0 Å². The molecule has 0 saturated carbocycles. The van der Waals surface area contributed by atoms with E-state index >= 15 is 0 Å². The van der Waals surface area contributed by atoms with E-state index in [1.54, 1.807) is 24.3 Å². The van der Waals surface area contributed by atoms with Crippen molar-refractivity contribution in [1.29, 1.82) is 0 Å². The SMILES string of the molecule is C[C@H]1Cc2ccccc2N1C(=O)c1ccc(CN2C(=O)CNC2=O)cc1. The number of rotatable bonds is 3. The third-order valence-electron chi connectivity index (χ3n) is 4.90. The summed E-state index contributed by atoms with van der Waals surface area (Å²) in [5, 5.41) is 2.50. The van der Waals surface area contributed by atoms with Crippen LogP contribution < -0.4 is 10.2 Å². The summed E-state index contributed by atoms with van der Waals surface area (Å²) in [5.41, 5.74) is 3.55. The summed E-state index contributed by atoms with van der Waals surface area (Å²) >= 11 is 0. The van der Waals surface area contributed by atoms with E-state index in [1.807, 2.05) is 30.0 Å². The summed E-state index contributed by atoms with van der Waals surface area (Å²) in [5.74, 6) is -0.276. The zero-order valence-electron chi connectivity index (χ0n) is 14.4. The number of nitrogens with one attached hydrogen (secondary N) is 1. The maximum absolute atomic E-state index is 13.0. The van der Waals surface area contributed by atoms with Gasteiger partial charge in [0.2, 0.25) is 5.91 Å². The predicted molar refractivity (Wildman–Crippen MR) is 96.8 cm³/mol. The molecule has 2 aromatic carbocycles. The van der Waals surface area contributed by atoms with E-state index in [0.717, 1.165) is 17.7 Å². The molecule has 0 unspecified atom stereocenters. The molecule has 0 spiro atoms. The number of hydrogen-bond donors (Lipinski definition) is 1.